The minimum atomic E-state index is -0.0430. The first kappa shape index (κ1) is 15.7. The molecule has 0 spiro atoms. The SMILES string of the molecule is CCC(CCCC=C1CCCC(O)CCC1)OC. The van der Waals surface area contributed by atoms with Gasteiger partial charge in [-0.15, -0.1) is 0 Å². The Hall–Kier alpha value is -0.340. The number of ether oxygens (including phenoxy) is 1. The van der Waals surface area contributed by atoms with E-state index in [1.165, 1.54) is 32.1 Å². The maximum atomic E-state index is 9.60. The van der Waals surface area contributed by atoms with Gasteiger partial charge >= 0.3 is 0 Å². The molecule has 1 N–H and O–H groups in total. The lowest BCUT2D eigenvalue weighted by Crippen LogP contribution is -2.09. The summed E-state index contributed by atoms with van der Waals surface area (Å²) in [5, 5.41) is 9.60. The molecule has 1 fully saturated rings. The van der Waals surface area contributed by atoms with Gasteiger partial charge in [0.15, 0.2) is 0 Å². The lowest BCUT2D eigenvalue weighted by atomic mass is 9.93. The number of hydrogen-bond donors (Lipinski definition) is 1. The Kier molecular flexibility index (Phi) is 8.36. The normalized spacial score (nSPS) is 23.3. The number of allylic oxidation sites excluding steroid dienone is 2. The van der Waals surface area contributed by atoms with Gasteiger partial charge < -0.3 is 9.84 Å². The summed E-state index contributed by atoms with van der Waals surface area (Å²) < 4.78 is 5.39. The zero-order valence-corrected chi connectivity index (χ0v) is 12.2. The van der Waals surface area contributed by atoms with E-state index in [1.54, 1.807) is 5.57 Å². The van der Waals surface area contributed by atoms with Crippen LogP contribution in [0.4, 0.5) is 0 Å². The molecule has 0 heterocycles. The first-order chi connectivity index (χ1) is 8.76. The van der Waals surface area contributed by atoms with Crippen LogP contribution in [0.1, 0.15) is 71.1 Å². The first-order valence-electron chi connectivity index (χ1n) is 7.65. The average molecular weight is 254 g/mol. The van der Waals surface area contributed by atoms with Crippen molar-refractivity contribution in [1.29, 1.82) is 0 Å². The number of aliphatic hydroxyl groups is 1. The van der Waals surface area contributed by atoms with E-state index in [2.05, 4.69) is 13.0 Å². The molecule has 1 atom stereocenters. The second kappa shape index (κ2) is 9.57. The lowest BCUT2D eigenvalue weighted by Gasteiger charge is -2.16. The van der Waals surface area contributed by atoms with Crippen molar-refractivity contribution in [2.45, 2.75) is 83.3 Å². The minimum absolute atomic E-state index is 0.0430. The zero-order valence-electron chi connectivity index (χ0n) is 12.2. The number of hydrogen-bond acceptors (Lipinski definition) is 2. The fourth-order valence-electron chi connectivity index (χ4n) is 2.74. The van der Waals surface area contributed by atoms with E-state index in [4.69, 9.17) is 4.74 Å². The molecule has 0 aromatic rings. The smallest absolute Gasteiger partial charge is 0.0568 e. The molecule has 2 nitrogen and oxygen atoms in total. The Morgan fingerprint density at radius 1 is 1.33 bits per heavy atom. The second-order valence-electron chi connectivity index (χ2n) is 5.50. The molecule has 2 heteroatoms. The fraction of sp³-hybridized carbons (Fsp3) is 0.875. The van der Waals surface area contributed by atoms with E-state index in [0.717, 1.165) is 32.1 Å². The van der Waals surface area contributed by atoms with Crippen LogP contribution in [0.3, 0.4) is 0 Å². The number of rotatable bonds is 6. The van der Waals surface area contributed by atoms with Crippen molar-refractivity contribution in [3.05, 3.63) is 11.6 Å². The van der Waals surface area contributed by atoms with E-state index in [0.29, 0.717) is 6.10 Å². The van der Waals surface area contributed by atoms with Crippen LogP contribution in [-0.4, -0.2) is 24.4 Å². The summed E-state index contributed by atoms with van der Waals surface area (Å²) in [7, 11) is 1.81. The first-order valence-corrected chi connectivity index (χ1v) is 7.65. The molecule has 0 bridgehead atoms. The van der Waals surface area contributed by atoms with Gasteiger partial charge in [0.1, 0.15) is 0 Å². The molecule has 1 aliphatic rings. The van der Waals surface area contributed by atoms with Crippen molar-refractivity contribution in [1.82, 2.24) is 0 Å². The third-order valence-corrected chi connectivity index (χ3v) is 4.02. The van der Waals surface area contributed by atoms with Crippen molar-refractivity contribution < 1.29 is 9.84 Å². The largest absolute Gasteiger partial charge is 0.393 e. The average Bonchev–Trinajstić information content (AvgIpc) is 2.35. The quantitative estimate of drug-likeness (QED) is 0.568. The summed E-state index contributed by atoms with van der Waals surface area (Å²) in [6, 6.07) is 0. The van der Waals surface area contributed by atoms with E-state index in [9.17, 15) is 5.11 Å². The maximum absolute atomic E-state index is 9.60. The van der Waals surface area contributed by atoms with Crippen LogP contribution in [0.2, 0.25) is 0 Å². The molecular formula is C16H30O2. The fourth-order valence-corrected chi connectivity index (χ4v) is 2.74. The highest BCUT2D eigenvalue weighted by Crippen LogP contribution is 2.22. The molecule has 0 saturated heterocycles. The summed E-state index contributed by atoms with van der Waals surface area (Å²) >= 11 is 0. The van der Waals surface area contributed by atoms with Crippen molar-refractivity contribution in [2.24, 2.45) is 0 Å². The molecule has 0 aromatic carbocycles. The lowest BCUT2D eigenvalue weighted by molar-refractivity contribution is 0.0906. The summed E-state index contributed by atoms with van der Waals surface area (Å²) in [6.07, 6.45) is 14.2. The topological polar surface area (TPSA) is 29.5 Å². The molecular weight excluding hydrogens is 224 g/mol. The van der Waals surface area contributed by atoms with E-state index in [-0.39, 0.29) is 6.10 Å². The number of methoxy groups -OCH3 is 1. The van der Waals surface area contributed by atoms with Crippen molar-refractivity contribution in [3.63, 3.8) is 0 Å². The van der Waals surface area contributed by atoms with E-state index < -0.39 is 0 Å². The van der Waals surface area contributed by atoms with Crippen LogP contribution in [0, 0.1) is 0 Å². The van der Waals surface area contributed by atoms with Gasteiger partial charge in [0.25, 0.3) is 0 Å². The van der Waals surface area contributed by atoms with E-state index >= 15 is 0 Å². The van der Waals surface area contributed by atoms with Crippen LogP contribution in [-0.2, 0) is 4.74 Å². The highest BCUT2D eigenvalue weighted by atomic mass is 16.5. The predicted octanol–water partition coefficient (Wildman–Crippen LogP) is 4.22. The molecule has 0 radical (unpaired) electrons. The van der Waals surface area contributed by atoms with Gasteiger partial charge in [-0.2, -0.15) is 0 Å². The molecule has 1 saturated carbocycles. The molecule has 1 unspecified atom stereocenters. The van der Waals surface area contributed by atoms with Gasteiger partial charge in [0.2, 0.25) is 0 Å². The van der Waals surface area contributed by atoms with Gasteiger partial charge in [-0.25, -0.2) is 0 Å². The minimum Gasteiger partial charge on any atom is -0.393 e. The van der Waals surface area contributed by atoms with Crippen LogP contribution < -0.4 is 0 Å². The Balaban J connectivity index is 2.20. The highest BCUT2D eigenvalue weighted by Gasteiger charge is 2.10. The van der Waals surface area contributed by atoms with Crippen LogP contribution in [0.15, 0.2) is 11.6 Å². The van der Waals surface area contributed by atoms with Crippen LogP contribution in [0.25, 0.3) is 0 Å². The van der Waals surface area contributed by atoms with E-state index in [1.807, 2.05) is 7.11 Å². The predicted molar refractivity (Wildman–Crippen MR) is 76.7 cm³/mol. The van der Waals surface area contributed by atoms with Crippen molar-refractivity contribution >= 4 is 0 Å². The van der Waals surface area contributed by atoms with Gasteiger partial charge in [0.05, 0.1) is 12.2 Å². The van der Waals surface area contributed by atoms with Gasteiger partial charge in [-0.05, 0) is 64.2 Å². The molecule has 0 aromatic heterocycles. The second-order valence-corrected chi connectivity index (χ2v) is 5.50. The van der Waals surface area contributed by atoms with Gasteiger partial charge in [0, 0.05) is 7.11 Å². The van der Waals surface area contributed by atoms with Gasteiger partial charge in [-0.1, -0.05) is 18.6 Å². The zero-order chi connectivity index (χ0) is 13.2. The number of unbranched alkanes of at least 4 members (excludes halogenated alkanes) is 1. The maximum Gasteiger partial charge on any atom is 0.0568 e. The third-order valence-electron chi connectivity index (χ3n) is 4.02. The summed E-state index contributed by atoms with van der Waals surface area (Å²) in [6.45, 7) is 2.19. The molecule has 0 amide bonds. The van der Waals surface area contributed by atoms with Crippen LogP contribution >= 0.6 is 0 Å². The molecule has 0 aliphatic heterocycles. The molecule has 1 aliphatic carbocycles. The number of aliphatic hydroxyl groups excluding tert-OH is 1. The summed E-state index contributed by atoms with van der Waals surface area (Å²) in [5.41, 5.74) is 1.62. The van der Waals surface area contributed by atoms with Crippen molar-refractivity contribution in [3.8, 4) is 0 Å². The Morgan fingerprint density at radius 2 is 2.00 bits per heavy atom. The monoisotopic (exact) mass is 254 g/mol. The molecule has 106 valence electrons. The Morgan fingerprint density at radius 3 is 2.56 bits per heavy atom. The third kappa shape index (κ3) is 6.55. The summed E-state index contributed by atoms with van der Waals surface area (Å²) in [4.78, 5) is 0. The van der Waals surface area contributed by atoms with Gasteiger partial charge in [-0.3, -0.25) is 0 Å². The molecule has 1 rings (SSSR count). The Labute approximate surface area is 112 Å². The Bertz CT molecular complexity index is 219. The van der Waals surface area contributed by atoms with Crippen molar-refractivity contribution in [2.75, 3.05) is 7.11 Å². The van der Waals surface area contributed by atoms with Crippen LogP contribution in [0.5, 0.6) is 0 Å². The highest BCUT2D eigenvalue weighted by molar-refractivity contribution is 5.02. The summed E-state index contributed by atoms with van der Waals surface area (Å²) in [5.74, 6) is 0. The molecule has 18 heavy (non-hydrogen) atoms. The standard InChI is InChI=1S/C16H30O2/c1-3-16(18-2)13-5-4-8-14-9-6-11-15(17)12-7-10-14/h8,15-17H,3-7,9-13H2,1-2H3.